The minimum atomic E-state index is -0.550. The van der Waals surface area contributed by atoms with Crippen molar-refractivity contribution in [3.8, 4) is 0 Å². The Morgan fingerprint density at radius 1 is 1.00 bits per heavy atom. The summed E-state index contributed by atoms with van der Waals surface area (Å²) < 4.78 is 4.98. The highest BCUT2D eigenvalue weighted by Crippen LogP contribution is 2.41. The van der Waals surface area contributed by atoms with Crippen molar-refractivity contribution in [3.63, 3.8) is 0 Å². The molecule has 0 bridgehead atoms. The van der Waals surface area contributed by atoms with Crippen LogP contribution in [0.5, 0.6) is 0 Å². The van der Waals surface area contributed by atoms with Crippen LogP contribution in [0.3, 0.4) is 0 Å². The number of hydrogen-bond donors (Lipinski definition) is 2. The van der Waals surface area contributed by atoms with E-state index in [2.05, 4.69) is 20.6 Å². The van der Waals surface area contributed by atoms with E-state index < -0.39 is 11.5 Å². The zero-order valence-corrected chi connectivity index (χ0v) is 20.0. The summed E-state index contributed by atoms with van der Waals surface area (Å²) in [6, 6.07) is 17.1. The van der Waals surface area contributed by atoms with Crippen LogP contribution in [-0.2, 0) is 26.3 Å². The Kier molecular flexibility index (Phi) is 7.10. The Labute approximate surface area is 200 Å². The molecule has 1 amide bonds. The number of rotatable bonds is 8. The van der Waals surface area contributed by atoms with Crippen LogP contribution in [0.1, 0.15) is 50.9 Å². The number of ether oxygens (including phenoxy) is 1. The first-order valence-electron chi connectivity index (χ1n) is 11.9. The lowest BCUT2D eigenvalue weighted by molar-refractivity contribution is -0.142. The van der Waals surface area contributed by atoms with Crippen LogP contribution in [0.25, 0.3) is 10.9 Å². The molecule has 0 radical (unpaired) electrons. The molecule has 3 aromatic rings. The van der Waals surface area contributed by atoms with E-state index in [0.717, 1.165) is 42.1 Å². The topological polar surface area (TPSA) is 93.2 Å². The molecule has 7 heteroatoms. The fourth-order valence-corrected chi connectivity index (χ4v) is 4.80. The van der Waals surface area contributed by atoms with Crippen molar-refractivity contribution < 1.29 is 14.3 Å². The molecule has 34 heavy (non-hydrogen) atoms. The molecule has 1 saturated carbocycles. The molecule has 1 aliphatic rings. The zero-order chi connectivity index (χ0) is 24.1. The van der Waals surface area contributed by atoms with Crippen LogP contribution < -0.4 is 10.6 Å². The third-order valence-electron chi connectivity index (χ3n) is 6.69. The average Bonchev–Trinajstić information content (AvgIpc) is 3.37. The molecule has 1 heterocycles. The number of esters is 1. The summed E-state index contributed by atoms with van der Waals surface area (Å²) in [6.45, 7) is 4.10. The molecule has 2 N–H and O–H groups in total. The van der Waals surface area contributed by atoms with Gasteiger partial charge in [0, 0.05) is 5.39 Å². The number of para-hydroxylation sites is 1. The predicted molar refractivity (Wildman–Crippen MR) is 132 cm³/mol. The minimum absolute atomic E-state index is 0.00238. The third-order valence-corrected chi connectivity index (χ3v) is 6.69. The highest BCUT2D eigenvalue weighted by atomic mass is 16.5. The predicted octanol–water partition coefficient (Wildman–Crippen LogP) is 4.37. The van der Waals surface area contributed by atoms with Gasteiger partial charge >= 0.3 is 5.97 Å². The number of carbonyl (C=O) groups is 2. The van der Waals surface area contributed by atoms with Gasteiger partial charge in [0.2, 0.25) is 5.91 Å². The molecule has 0 spiro atoms. The summed E-state index contributed by atoms with van der Waals surface area (Å²) in [5, 5.41) is 7.16. The number of hydrogen-bond acceptors (Lipinski definition) is 6. The number of anilines is 1. The molecule has 7 nitrogen and oxygen atoms in total. The molecular formula is C27H32N4O3. The van der Waals surface area contributed by atoms with E-state index in [1.54, 1.807) is 0 Å². The molecule has 4 rings (SSSR count). The second kappa shape index (κ2) is 10.2. The highest BCUT2D eigenvalue weighted by molar-refractivity contribution is 5.91. The molecule has 1 fully saturated rings. The van der Waals surface area contributed by atoms with Gasteiger partial charge in [-0.2, -0.15) is 0 Å². The van der Waals surface area contributed by atoms with Crippen LogP contribution >= 0.6 is 0 Å². The number of nitrogens with one attached hydrogen (secondary N) is 2. The van der Waals surface area contributed by atoms with E-state index in [-0.39, 0.29) is 24.3 Å². The monoisotopic (exact) mass is 460 g/mol. The van der Waals surface area contributed by atoms with Gasteiger partial charge in [-0.3, -0.25) is 4.79 Å². The van der Waals surface area contributed by atoms with Gasteiger partial charge in [0.05, 0.1) is 24.6 Å². The van der Waals surface area contributed by atoms with Gasteiger partial charge in [-0.1, -0.05) is 69.2 Å². The fraction of sp³-hybridized carbons (Fsp3) is 0.407. The lowest BCUT2D eigenvalue weighted by Gasteiger charge is -2.28. The second-order valence-corrected chi connectivity index (χ2v) is 9.23. The smallest absolute Gasteiger partial charge is 0.328 e. The second-order valence-electron chi connectivity index (χ2n) is 9.23. The Bertz CT molecular complexity index is 1160. The maximum absolute atomic E-state index is 13.4. The Morgan fingerprint density at radius 2 is 1.68 bits per heavy atom. The van der Waals surface area contributed by atoms with Crippen LogP contribution in [-0.4, -0.2) is 35.0 Å². The molecule has 1 atom stereocenters. The lowest BCUT2D eigenvalue weighted by atomic mass is 9.78. The van der Waals surface area contributed by atoms with Crippen molar-refractivity contribution in [3.05, 3.63) is 66.0 Å². The summed E-state index contributed by atoms with van der Waals surface area (Å²) in [7, 11) is 1.38. The SMILES string of the molecule is COC(=O)[C@@H](Nc1nc(CNC(=O)C2(c3ccccc3)CCCC2)nc2ccccc12)C(C)C. The molecule has 0 unspecified atom stereocenters. The number of aromatic nitrogens is 2. The maximum atomic E-state index is 13.4. The number of nitrogens with zero attached hydrogens (tertiary/aromatic N) is 2. The molecule has 1 aliphatic carbocycles. The maximum Gasteiger partial charge on any atom is 0.328 e. The average molecular weight is 461 g/mol. The molecule has 178 valence electrons. The Morgan fingerprint density at radius 3 is 2.35 bits per heavy atom. The van der Waals surface area contributed by atoms with Gasteiger partial charge in [0.1, 0.15) is 11.9 Å². The third kappa shape index (κ3) is 4.74. The highest BCUT2D eigenvalue weighted by Gasteiger charge is 2.42. The van der Waals surface area contributed by atoms with Gasteiger partial charge in [-0.25, -0.2) is 14.8 Å². The quantitative estimate of drug-likeness (QED) is 0.485. The van der Waals surface area contributed by atoms with E-state index in [1.165, 1.54) is 7.11 Å². The summed E-state index contributed by atoms with van der Waals surface area (Å²) >= 11 is 0. The van der Waals surface area contributed by atoms with E-state index in [1.807, 2.05) is 68.4 Å². The Hall–Kier alpha value is -3.48. The van der Waals surface area contributed by atoms with Gasteiger partial charge in [0.25, 0.3) is 0 Å². The number of benzene rings is 2. The summed E-state index contributed by atoms with van der Waals surface area (Å²) in [5.74, 6) is 0.703. The fourth-order valence-electron chi connectivity index (χ4n) is 4.80. The van der Waals surface area contributed by atoms with Crippen molar-refractivity contribution in [2.75, 3.05) is 12.4 Å². The summed E-state index contributed by atoms with van der Waals surface area (Å²) in [4.78, 5) is 35.1. The van der Waals surface area contributed by atoms with E-state index >= 15 is 0 Å². The lowest BCUT2D eigenvalue weighted by Crippen LogP contribution is -2.42. The first-order chi connectivity index (χ1) is 16.4. The van der Waals surface area contributed by atoms with Crippen molar-refractivity contribution in [2.24, 2.45) is 5.92 Å². The van der Waals surface area contributed by atoms with E-state index in [4.69, 9.17) is 4.74 Å². The number of amides is 1. The number of methoxy groups -OCH3 is 1. The first kappa shape index (κ1) is 23.7. The number of fused-ring (bicyclic) bond motifs is 1. The molecule has 1 aromatic heterocycles. The van der Waals surface area contributed by atoms with Gasteiger partial charge < -0.3 is 15.4 Å². The van der Waals surface area contributed by atoms with Gasteiger partial charge in [-0.05, 0) is 36.5 Å². The van der Waals surface area contributed by atoms with Crippen LogP contribution in [0.2, 0.25) is 0 Å². The molecule has 2 aromatic carbocycles. The largest absolute Gasteiger partial charge is 0.467 e. The molecular weight excluding hydrogens is 428 g/mol. The van der Waals surface area contributed by atoms with E-state index in [9.17, 15) is 9.59 Å². The van der Waals surface area contributed by atoms with Gasteiger partial charge in [0.15, 0.2) is 5.82 Å². The first-order valence-corrected chi connectivity index (χ1v) is 11.9. The van der Waals surface area contributed by atoms with Crippen molar-refractivity contribution >= 4 is 28.6 Å². The molecule has 0 aliphatic heterocycles. The van der Waals surface area contributed by atoms with Crippen LogP contribution in [0, 0.1) is 5.92 Å². The number of carbonyl (C=O) groups excluding carboxylic acids is 2. The standard InChI is InChI=1S/C27H32N4O3/c1-18(2)23(25(32)34-3)31-24-20-13-7-8-14-21(20)29-22(30-24)17-28-26(33)27(15-9-10-16-27)19-11-5-4-6-12-19/h4-8,11-14,18,23H,9-10,15-17H2,1-3H3,(H,28,33)(H,29,30,31)/t23-/m0/s1. The summed E-state index contributed by atoms with van der Waals surface area (Å²) in [5.41, 5.74) is 1.30. The van der Waals surface area contributed by atoms with E-state index in [0.29, 0.717) is 11.6 Å². The Balaban J connectivity index is 1.60. The zero-order valence-electron chi connectivity index (χ0n) is 20.0. The van der Waals surface area contributed by atoms with Crippen LogP contribution in [0.15, 0.2) is 54.6 Å². The van der Waals surface area contributed by atoms with Crippen LogP contribution in [0.4, 0.5) is 5.82 Å². The summed E-state index contributed by atoms with van der Waals surface area (Å²) in [6.07, 6.45) is 3.74. The van der Waals surface area contributed by atoms with Crippen molar-refractivity contribution in [1.82, 2.24) is 15.3 Å². The normalized spacial score (nSPS) is 15.8. The van der Waals surface area contributed by atoms with Crippen molar-refractivity contribution in [1.29, 1.82) is 0 Å². The van der Waals surface area contributed by atoms with Gasteiger partial charge in [-0.15, -0.1) is 0 Å². The minimum Gasteiger partial charge on any atom is -0.467 e. The van der Waals surface area contributed by atoms with Crippen molar-refractivity contribution in [2.45, 2.75) is 57.5 Å². The molecule has 0 saturated heterocycles.